The summed E-state index contributed by atoms with van der Waals surface area (Å²) in [7, 11) is 0. The Bertz CT molecular complexity index is 2500. The van der Waals surface area contributed by atoms with E-state index in [1.807, 2.05) is 18.5 Å². The van der Waals surface area contributed by atoms with Gasteiger partial charge in [0.05, 0.1) is 22.8 Å². The third kappa shape index (κ3) is 7.11. The second-order valence-electron chi connectivity index (χ2n) is 18.6. The lowest BCUT2D eigenvalue weighted by atomic mass is 9.59. The second kappa shape index (κ2) is 15.0. The van der Waals surface area contributed by atoms with E-state index in [1.165, 1.54) is 80.3 Å². The number of hydrogen-bond donors (Lipinski definition) is 3. The van der Waals surface area contributed by atoms with Crippen molar-refractivity contribution in [2.24, 2.45) is 5.41 Å². The van der Waals surface area contributed by atoms with Crippen LogP contribution in [-0.2, 0) is 19.3 Å². The zero-order valence-corrected chi connectivity index (χ0v) is 34.3. The third-order valence-corrected chi connectivity index (χ3v) is 14.8. The van der Waals surface area contributed by atoms with Crippen LogP contribution in [0, 0.1) is 5.41 Å². The van der Waals surface area contributed by atoms with Crippen LogP contribution in [0.25, 0.3) is 16.6 Å². The fraction of sp³-hybridized carbons (Fsp3) is 0.385. The molecule has 2 saturated heterocycles. The van der Waals surface area contributed by atoms with Crippen molar-refractivity contribution >= 4 is 33.7 Å². The van der Waals surface area contributed by atoms with Gasteiger partial charge in [-0.15, -0.1) is 0 Å². The van der Waals surface area contributed by atoms with Crippen LogP contribution in [0.5, 0.6) is 0 Å². The maximum atomic E-state index is 6.81. The topological polar surface area (TPSA) is 86.1 Å². The van der Waals surface area contributed by atoms with Gasteiger partial charge >= 0.3 is 0 Å². The Kier molecular flexibility index (Phi) is 9.33. The number of nitrogens with two attached hydrogens (primary N) is 1. The molecular weight excluding hydrogens is 723 g/mol. The van der Waals surface area contributed by atoms with Crippen molar-refractivity contribution in [1.29, 1.82) is 0 Å². The molecular formula is C52H57N7. The number of nitrogen functional groups attached to an aromatic ring is 1. The van der Waals surface area contributed by atoms with Crippen LogP contribution in [0.2, 0.25) is 0 Å². The molecule has 7 heteroatoms. The summed E-state index contributed by atoms with van der Waals surface area (Å²) in [4.78, 5) is 18.8. The summed E-state index contributed by atoms with van der Waals surface area (Å²) in [6.07, 6.45) is 18.3. The number of likely N-dealkylation sites (tertiary alicyclic amines) is 1. The highest BCUT2D eigenvalue weighted by Crippen LogP contribution is 2.55. The quantitative estimate of drug-likeness (QED) is 0.128. The predicted molar refractivity (Wildman–Crippen MR) is 242 cm³/mol. The number of H-pyrrole nitrogens is 1. The lowest BCUT2D eigenvalue weighted by Gasteiger charge is -2.56. The Morgan fingerprint density at radius 2 is 1.66 bits per heavy atom. The van der Waals surface area contributed by atoms with E-state index in [4.69, 9.17) is 15.7 Å². The van der Waals surface area contributed by atoms with Crippen LogP contribution in [0.1, 0.15) is 115 Å². The average Bonchev–Trinajstić information content (AvgIpc) is 3.80. The number of nitrogens with zero attached hydrogens (tertiary/aromatic N) is 4. The highest BCUT2D eigenvalue weighted by Gasteiger charge is 2.50. The molecule has 3 aromatic heterocycles. The van der Waals surface area contributed by atoms with Gasteiger partial charge < -0.3 is 20.9 Å². The molecule has 3 aliphatic heterocycles. The van der Waals surface area contributed by atoms with Gasteiger partial charge in [0.2, 0.25) is 0 Å². The Morgan fingerprint density at radius 1 is 0.847 bits per heavy atom. The molecule has 7 nitrogen and oxygen atoms in total. The number of rotatable bonds is 10. The van der Waals surface area contributed by atoms with E-state index in [1.54, 1.807) is 11.1 Å². The number of nitrogens with one attached hydrogen (secondary N) is 2. The second-order valence-corrected chi connectivity index (χ2v) is 18.6. The summed E-state index contributed by atoms with van der Waals surface area (Å²) >= 11 is 0. The number of fused-ring (bicyclic) bond motifs is 2. The molecule has 4 fully saturated rings. The Balaban J connectivity index is 0.809. The molecule has 0 radical (unpaired) electrons. The number of aryl methyl sites for hydroxylation is 1. The molecule has 2 atom stereocenters. The standard InChI is InChI=1S/C52H57N7/c1-34(48-30-46(53)50-47(57-48)18-15-40(56-50)28-35-8-3-2-4-9-35)43-17-16-41(29-39(43)27-36-26-38-19-22-54-51(38)55-33-36)58-24-20-52(21-25-58)31-42(32-52)59-23-7-12-49(59)45-11-6-5-10-44(45)37-13-14-37/h2-6,8-11,16-17,19,22,26,29-30,33,37,40,42,49,56H,1,7,12-15,18,20-21,23-25,27-28,31-32H2,(H2,53,57)(H,54,55). The summed E-state index contributed by atoms with van der Waals surface area (Å²) < 4.78 is 0. The number of pyridine rings is 2. The van der Waals surface area contributed by atoms with Crippen LogP contribution in [0.4, 0.5) is 17.1 Å². The number of aromatic nitrogens is 3. The first-order valence-electron chi connectivity index (χ1n) is 22.4. The number of piperidine rings is 1. The maximum absolute atomic E-state index is 6.81. The number of hydrogen-bond acceptors (Lipinski definition) is 6. The fourth-order valence-electron chi connectivity index (χ4n) is 11.4. The van der Waals surface area contributed by atoms with Gasteiger partial charge in [-0.05, 0) is 159 Å². The third-order valence-electron chi connectivity index (χ3n) is 14.8. The van der Waals surface area contributed by atoms with Crippen molar-refractivity contribution in [1.82, 2.24) is 19.9 Å². The van der Waals surface area contributed by atoms with E-state index in [0.29, 0.717) is 17.5 Å². The molecule has 2 unspecified atom stereocenters. The minimum atomic E-state index is 0.334. The van der Waals surface area contributed by atoms with E-state index in [2.05, 4.69) is 112 Å². The van der Waals surface area contributed by atoms with E-state index < -0.39 is 0 Å². The molecule has 2 aliphatic carbocycles. The minimum Gasteiger partial charge on any atom is -0.397 e. The fourth-order valence-corrected chi connectivity index (χ4v) is 11.4. The molecule has 6 heterocycles. The summed E-state index contributed by atoms with van der Waals surface area (Å²) in [6.45, 7) is 8.17. The van der Waals surface area contributed by atoms with Crippen molar-refractivity contribution in [3.05, 3.63) is 155 Å². The predicted octanol–water partition coefficient (Wildman–Crippen LogP) is 10.6. The monoisotopic (exact) mass is 779 g/mol. The molecule has 2 saturated carbocycles. The van der Waals surface area contributed by atoms with Crippen molar-refractivity contribution in [2.45, 2.75) is 101 Å². The van der Waals surface area contributed by atoms with Gasteiger partial charge in [0.1, 0.15) is 5.65 Å². The van der Waals surface area contributed by atoms with Gasteiger partial charge in [0, 0.05) is 60.3 Å². The van der Waals surface area contributed by atoms with Gasteiger partial charge in [0.25, 0.3) is 0 Å². The SMILES string of the molecule is C=C(c1cc(N)c2c(n1)CCC(Cc1ccccc1)N2)c1ccc(N2CCC3(CC2)CC(N2CCCC2c2ccccc2C2CC2)C3)cc1Cc1cnc2[nH]ccc2c1. The normalized spacial score (nSPS) is 21.7. The lowest BCUT2D eigenvalue weighted by Crippen LogP contribution is -2.54. The summed E-state index contributed by atoms with van der Waals surface area (Å²) in [5.41, 5.74) is 22.3. The highest BCUT2D eigenvalue weighted by molar-refractivity contribution is 5.83. The van der Waals surface area contributed by atoms with E-state index in [0.717, 1.165) is 95.7 Å². The largest absolute Gasteiger partial charge is 0.397 e. The first-order chi connectivity index (χ1) is 28.9. The molecule has 4 N–H and O–H groups in total. The summed E-state index contributed by atoms with van der Waals surface area (Å²) in [5.74, 6) is 0.813. The number of aromatic amines is 1. The van der Waals surface area contributed by atoms with Gasteiger partial charge in [-0.25, -0.2) is 4.98 Å². The van der Waals surface area contributed by atoms with E-state index >= 15 is 0 Å². The first kappa shape index (κ1) is 36.7. The van der Waals surface area contributed by atoms with Crippen LogP contribution in [0.15, 0.2) is 110 Å². The molecule has 59 heavy (non-hydrogen) atoms. The van der Waals surface area contributed by atoms with Crippen molar-refractivity contribution in [2.75, 3.05) is 35.6 Å². The highest BCUT2D eigenvalue weighted by atomic mass is 15.2. The molecule has 6 aromatic rings. The summed E-state index contributed by atoms with van der Waals surface area (Å²) in [5, 5.41) is 4.87. The smallest absolute Gasteiger partial charge is 0.137 e. The van der Waals surface area contributed by atoms with Gasteiger partial charge in [-0.1, -0.05) is 67.2 Å². The average molecular weight is 780 g/mol. The molecule has 3 aromatic carbocycles. The first-order valence-corrected chi connectivity index (χ1v) is 22.4. The molecule has 5 aliphatic rings. The van der Waals surface area contributed by atoms with Crippen molar-refractivity contribution in [3.8, 4) is 0 Å². The molecule has 0 amide bonds. The van der Waals surface area contributed by atoms with Gasteiger partial charge in [-0.3, -0.25) is 9.88 Å². The number of anilines is 3. The minimum absolute atomic E-state index is 0.334. The van der Waals surface area contributed by atoms with Gasteiger partial charge in [-0.2, -0.15) is 0 Å². The Hall–Kier alpha value is -5.40. The Morgan fingerprint density at radius 3 is 2.49 bits per heavy atom. The molecule has 1 spiro atoms. The van der Waals surface area contributed by atoms with Crippen molar-refractivity contribution in [3.63, 3.8) is 0 Å². The zero-order valence-electron chi connectivity index (χ0n) is 34.3. The van der Waals surface area contributed by atoms with E-state index in [9.17, 15) is 0 Å². The van der Waals surface area contributed by atoms with Crippen LogP contribution >= 0.6 is 0 Å². The molecule has 300 valence electrons. The molecule has 11 rings (SSSR count). The zero-order chi connectivity index (χ0) is 39.5. The summed E-state index contributed by atoms with van der Waals surface area (Å²) in [6, 6.07) is 35.2. The molecule has 0 bridgehead atoms. The lowest BCUT2D eigenvalue weighted by molar-refractivity contribution is -0.0227. The number of benzene rings is 3. The van der Waals surface area contributed by atoms with Crippen LogP contribution in [0.3, 0.4) is 0 Å². The van der Waals surface area contributed by atoms with Crippen LogP contribution < -0.4 is 16.0 Å². The Labute approximate surface area is 349 Å². The van der Waals surface area contributed by atoms with E-state index in [-0.39, 0.29) is 0 Å². The van der Waals surface area contributed by atoms with Crippen molar-refractivity contribution < 1.29 is 0 Å². The van der Waals surface area contributed by atoms with Crippen LogP contribution in [-0.4, -0.2) is 51.6 Å². The van der Waals surface area contributed by atoms with Gasteiger partial charge in [0.15, 0.2) is 0 Å². The maximum Gasteiger partial charge on any atom is 0.137 e.